The van der Waals surface area contributed by atoms with Gasteiger partial charge in [-0.1, -0.05) is 17.7 Å². The summed E-state index contributed by atoms with van der Waals surface area (Å²) in [6, 6.07) is 7.60. The molecule has 4 heteroatoms. The summed E-state index contributed by atoms with van der Waals surface area (Å²) < 4.78 is 2.68. The molecule has 0 saturated heterocycles. The molecule has 1 aromatic carbocycles. The average Bonchev–Trinajstić information content (AvgIpc) is 2.51. The Labute approximate surface area is 89.3 Å². The van der Waals surface area contributed by atoms with Gasteiger partial charge >= 0.3 is 0 Å². The number of halogens is 2. The zero-order chi connectivity index (χ0) is 9.26. The van der Waals surface area contributed by atoms with Crippen molar-refractivity contribution in [2.45, 2.75) is 0 Å². The van der Waals surface area contributed by atoms with Gasteiger partial charge in [-0.25, -0.2) is 4.98 Å². The van der Waals surface area contributed by atoms with Gasteiger partial charge in [0.2, 0.25) is 0 Å². The number of rotatable bonds is 1. The van der Waals surface area contributed by atoms with E-state index in [4.69, 9.17) is 11.6 Å². The second kappa shape index (κ2) is 3.52. The predicted octanol–water partition coefficient (Wildman–Crippen LogP) is 3.29. The molecular formula is C9H6BrClN2. The van der Waals surface area contributed by atoms with Crippen LogP contribution in [0.5, 0.6) is 0 Å². The first kappa shape index (κ1) is 8.78. The van der Waals surface area contributed by atoms with E-state index >= 15 is 0 Å². The molecule has 0 fully saturated rings. The lowest BCUT2D eigenvalue weighted by atomic mass is 10.3. The van der Waals surface area contributed by atoms with Crippen LogP contribution in [0.1, 0.15) is 0 Å². The van der Waals surface area contributed by atoms with Crippen LogP contribution in [-0.4, -0.2) is 9.55 Å². The third-order valence-electron chi connectivity index (χ3n) is 1.68. The lowest BCUT2D eigenvalue weighted by Gasteiger charge is -2.03. The Bertz CT molecular complexity index is 425. The number of benzene rings is 1. The zero-order valence-corrected chi connectivity index (χ0v) is 8.96. The molecule has 0 bridgehead atoms. The standard InChI is InChI=1S/C9H6BrClN2/c10-9-12-4-5-13(9)8-3-1-2-7(11)6-8/h1-6H. The molecule has 0 amide bonds. The summed E-state index contributed by atoms with van der Waals surface area (Å²) >= 11 is 9.20. The SMILES string of the molecule is Clc1cccc(-n2ccnc2Br)c1. The second-order valence-corrected chi connectivity index (χ2v) is 3.69. The first-order valence-corrected chi connectivity index (χ1v) is 4.89. The van der Waals surface area contributed by atoms with Crippen molar-refractivity contribution in [3.63, 3.8) is 0 Å². The first-order valence-electron chi connectivity index (χ1n) is 3.72. The predicted molar refractivity (Wildman–Crippen MR) is 56.3 cm³/mol. The molecule has 0 aliphatic heterocycles. The molecule has 0 N–H and O–H groups in total. The van der Waals surface area contributed by atoms with Gasteiger partial charge in [0.15, 0.2) is 4.73 Å². The van der Waals surface area contributed by atoms with Crippen LogP contribution in [0.15, 0.2) is 41.4 Å². The van der Waals surface area contributed by atoms with Gasteiger partial charge in [0.1, 0.15) is 0 Å². The summed E-state index contributed by atoms with van der Waals surface area (Å²) in [7, 11) is 0. The van der Waals surface area contributed by atoms with E-state index in [0.717, 1.165) is 15.4 Å². The Morgan fingerprint density at radius 2 is 2.23 bits per heavy atom. The van der Waals surface area contributed by atoms with Gasteiger partial charge in [-0.05, 0) is 34.1 Å². The van der Waals surface area contributed by atoms with E-state index in [2.05, 4.69) is 20.9 Å². The van der Waals surface area contributed by atoms with Crippen LogP contribution in [0.2, 0.25) is 5.02 Å². The molecular weight excluding hydrogens is 251 g/mol. The third-order valence-corrected chi connectivity index (χ3v) is 2.50. The molecule has 0 spiro atoms. The molecule has 13 heavy (non-hydrogen) atoms. The molecule has 2 aromatic rings. The Balaban J connectivity index is 2.53. The smallest absolute Gasteiger partial charge is 0.181 e. The average molecular weight is 258 g/mol. The van der Waals surface area contributed by atoms with Gasteiger partial charge < -0.3 is 0 Å². The number of hydrogen-bond donors (Lipinski definition) is 0. The fourth-order valence-corrected chi connectivity index (χ4v) is 1.73. The maximum Gasteiger partial charge on any atom is 0.181 e. The van der Waals surface area contributed by atoms with E-state index in [1.165, 1.54) is 0 Å². The Hall–Kier alpha value is -0.800. The lowest BCUT2D eigenvalue weighted by Crippen LogP contribution is -1.91. The van der Waals surface area contributed by atoms with Crippen molar-refractivity contribution in [2.24, 2.45) is 0 Å². The number of imidazole rings is 1. The Morgan fingerprint density at radius 3 is 2.85 bits per heavy atom. The lowest BCUT2D eigenvalue weighted by molar-refractivity contribution is 1.01. The van der Waals surface area contributed by atoms with E-state index in [9.17, 15) is 0 Å². The quantitative estimate of drug-likeness (QED) is 0.766. The van der Waals surface area contributed by atoms with Crippen LogP contribution in [0.25, 0.3) is 5.69 Å². The molecule has 1 heterocycles. The topological polar surface area (TPSA) is 17.8 Å². The number of hydrogen-bond acceptors (Lipinski definition) is 1. The monoisotopic (exact) mass is 256 g/mol. The van der Waals surface area contributed by atoms with Crippen molar-refractivity contribution < 1.29 is 0 Å². The van der Waals surface area contributed by atoms with Crippen LogP contribution in [0, 0.1) is 0 Å². The first-order chi connectivity index (χ1) is 6.27. The minimum atomic E-state index is 0.720. The minimum absolute atomic E-state index is 0.720. The fraction of sp³-hybridized carbons (Fsp3) is 0. The molecule has 66 valence electrons. The van der Waals surface area contributed by atoms with Crippen molar-refractivity contribution in [2.75, 3.05) is 0 Å². The van der Waals surface area contributed by atoms with Crippen molar-refractivity contribution in [1.82, 2.24) is 9.55 Å². The van der Waals surface area contributed by atoms with Gasteiger partial charge in [0, 0.05) is 23.1 Å². The maximum atomic E-state index is 5.87. The van der Waals surface area contributed by atoms with Crippen LogP contribution in [0.3, 0.4) is 0 Å². The molecule has 0 atom stereocenters. The van der Waals surface area contributed by atoms with Gasteiger partial charge in [-0.2, -0.15) is 0 Å². The molecule has 0 radical (unpaired) electrons. The summed E-state index contributed by atoms with van der Waals surface area (Å²) in [4.78, 5) is 4.06. The summed E-state index contributed by atoms with van der Waals surface area (Å²) in [5, 5.41) is 0.720. The van der Waals surface area contributed by atoms with Gasteiger partial charge in [-0.3, -0.25) is 4.57 Å². The Kier molecular flexibility index (Phi) is 2.38. The number of aromatic nitrogens is 2. The van der Waals surface area contributed by atoms with Crippen molar-refractivity contribution in [3.8, 4) is 5.69 Å². The van der Waals surface area contributed by atoms with Crippen LogP contribution < -0.4 is 0 Å². The van der Waals surface area contributed by atoms with E-state index in [1.54, 1.807) is 6.20 Å². The third kappa shape index (κ3) is 1.76. The van der Waals surface area contributed by atoms with E-state index in [0.29, 0.717) is 0 Å². The molecule has 0 saturated carbocycles. The Morgan fingerprint density at radius 1 is 1.38 bits per heavy atom. The number of nitrogens with zero attached hydrogens (tertiary/aromatic N) is 2. The molecule has 0 unspecified atom stereocenters. The molecule has 2 rings (SSSR count). The molecule has 0 aliphatic rings. The van der Waals surface area contributed by atoms with E-state index in [1.807, 2.05) is 35.0 Å². The summed E-state index contributed by atoms with van der Waals surface area (Å²) in [5.41, 5.74) is 0.997. The highest BCUT2D eigenvalue weighted by Crippen LogP contribution is 2.18. The highest BCUT2D eigenvalue weighted by atomic mass is 79.9. The van der Waals surface area contributed by atoms with Crippen molar-refractivity contribution in [3.05, 3.63) is 46.4 Å². The minimum Gasteiger partial charge on any atom is -0.294 e. The highest BCUT2D eigenvalue weighted by molar-refractivity contribution is 9.10. The maximum absolute atomic E-state index is 5.87. The van der Waals surface area contributed by atoms with Crippen LogP contribution >= 0.6 is 27.5 Å². The summed E-state index contributed by atoms with van der Waals surface area (Å²) in [6.07, 6.45) is 3.60. The molecule has 1 aromatic heterocycles. The van der Waals surface area contributed by atoms with Crippen LogP contribution in [0.4, 0.5) is 0 Å². The fourth-order valence-electron chi connectivity index (χ4n) is 1.10. The zero-order valence-electron chi connectivity index (χ0n) is 6.61. The van der Waals surface area contributed by atoms with Crippen molar-refractivity contribution in [1.29, 1.82) is 0 Å². The van der Waals surface area contributed by atoms with Crippen LogP contribution in [-0.2, 0) is 0 Å². The summed E-state index contributed by atoms with van der Waals surface area (Å²) in [5.74, 6) is 0. The second-order valence-electron chi connectivity index (χ2n) is 2.55. The van der Waals surface area contributed by atoms with Gasteiger partial charge in [0.05, 0.1) is 0 Å². The largest absolute Gasteiger partial charge is 0.294 e. The summed E-state index contributed by atoms with van der Waals surface area (Å²) in [6.45, 7) is 0. The van der Waals surface area contributed by atoms with Gasteiger partial charge in [0.25, 0.3) is 0 Å². The van der Waals surface area contributed by atoms with Gasteiger partial charge in [-0.15, -0.1) is 0 Å². The normalized spacial score (nSPS) is 10.3. The van der Waals surface area contributed by atoms with E-state index < -0.39 is 0 Å². The van der Waals surface area contributed by atoms with Crippen molar-refractivity contribution >= 4 is 27.5 Å². The molecule has 2 nitrogen and oxygen atoms in total. The van der Waals surface area contributed by atoms with E-state index in [-0.39, 0.29) is 0 Å². The molecule has 0 aliphatic carbocycles. The highest BCUT2D eigenvalue weighted by Gasteiger charge is 2.00.